The molecule has 0 spiro atoms. The molecule has 2 rings (SSSR count). The largest absolute Gasteiger partial charge is 0.378 e. The Kier molecular flexibility index (Phi) is 5.09. The highest BCUT2D eigenvalue weighted by Gasteiger charge is 2.16. The summed E-state index contributed by atoms with van der Waals surface area (Å²) in [7, 11) is 0. The normalized spacial score (nSPS) is 15.2. The van der Waals surface area contributed by atoms with Gasteiger partial charge < -0.3 is 9.64 Å². The number of carbonyl (C=O) groups excluding carboxylic acids is 1. The van der Waals surface area contributed by atoms with Crippen LogP contribution in [0, 0.1) is 0 Å². The number of thiocarbonyl (C=S) groups is 1. The molecule has 1 aliphatic rings. The predicted molar refractivity (Wildman–Crippen MR) is 83.0 cm³/mol. The summed E-state index contributed by atoms with van der Waals surface area (Å²) in [6.07, 6.45) is 0. The number of benzene rings is 1. The Hall–Kier alpha value is -1.46. The van der Waals surface area contributed by atoms with Crippen LogP contribution in [-0.4, -0.2) is 42.2 Å². The molecule has 5 heteroatoms. The van der Waals surface area contributed by atoms with E-state index in [1.54, 1.807) is 0 Å². The van der Waals surface area contributed by atoms with E-state index in [0.717, 1.165) is 13.1 Å². The van der Waals surface area contributed by atoms with Crippen molar-refractivity contribution in [3.05, 3.63) is 35.4 Å². The number of amides is 1. The van der Waals surface area contributed by atoms with E-state index in [0.29, 0.717) is 29.8 Å². The first kappa shape index (κ1) is 14.9. The molecule has 1 heterocycles. The Labute approximate surface area is 125 Å². The third-order valence-electron chi connectivity index (χ3n) is 3.36. The lowest BCUT2D eigenvalue weighted by Crippen LogP contribution is -2.47. The third kappa shape index (κ3) is 3.77. The summed E-state index contributed by atoms with van der Waals surface area (Å²) in [6, 6.07) is 7.65. The molecule has 1 aliphatic heterocycles. The number of carbonyl (C=O) groups is 1. The molecule has 1 amide bonds. The molecule has 108 valence electrons. The number of ether oxygens (including phenoxy) is 1. The monoisotopic (exact) mass is 292 g/mol. The average Bonchev–Trinajstić information content (AvgIpc) is 2.48. The van der Waals surface area contributed by atoms with Crippen LogP contribution in [0.3, 0.4) is 0 Å². The maximum atomic E-state index is 12.1. The minimum Gasteiger partial charge on any atom is -0.378 e. The molecular weight excluding hydrogens is 272 g/mol. The molecule has 1 N–H and O–H groups in total. The fraction of sp³-hybridized carbons (Fsp3) is 0.467. The second-order valence-electron chi connectivity index (χ2n) is 5.14. The molecule has 0 aliphatic carbocycles. The van der Waals surface area contributed by atoms with Gasteiger partial charge in [-0.25, -0.2) is 0 Å². The van der Waals surface area contributed by atoms with Gasteiger partial charge in [-0.15, -0.1) is 0 Å². The van der Waals surface area contributed by atoms with Gasteiger partial charge in [0.25, 0.3) is 5.91 Å². The van der Waals surface area contributed by atoms with E-state index in [1.807, 2.05) is 29.2 Å². The fourth-order valence-corrected chi connectivity index (χ4v) is 2.31. The lowest BCUT2D eigenvalue weighted by molar-refractivity contribution is 0.0669. The topological polar surface area (TPSA) is 41.6 Å². The first-order chi connectivity index (χ1) is 9.58. The summed E-state index contributed by atoms with van der Waals surface area (Å²) in [4.78, 5) is 14.1. The predicted octanol–water partition coefficient (Wildman–Crippen LogP) is 2.16. The minimum atomic E-state index is -0.156. The summed E-state index contributed by atoms with van der Waals surface area (Å²) in [6.45, 7) is 7.01. The van der Waals surface area contributed by atoms with Crippen LogP contribution in [-0.2, 0) is 4.74 Å². The van der Waals surface area contributed by atoms with Gasteiger partial charge in [-0.2, -0.15) is 0 Å². The first-order valence-electron chi connectivity index (χ1n) is 6.86. The number of nitrogens with one attached hydrogen (secondary N) is 1. The highest BCUT2D eigenvalue weighted by molar-refractivity contribution is 7.80. The Balaban J connectivity index is 1.95. The van der Waals surface area contributed by atoms with Crippen molar-refractivity contribution >= 4 is 23.2 Å². The van der Waals surface area contributed by atoms with Crippen molar-refractivity contribution in [2.24, 2.45) is 0 Å². The van der Waals surface area contributed by atoms with Gasteiger partial charge in [-0.05, 0) is 35.8 Å². The molecule has 4 nitrogen and oxygen atoms in total. The molecule has 0 radical (unpaired) electrons. The fourth-order valence-electron chi connectivity index (χ4n) is 2.03. The second-order valence-corrected chi connectivity index (χ2v) is 5.52. The molecule has 0 bridgehead atoms. The van der Waals surface area contributed by atoms with Crippen LogP contribution >= 0.6 is 12.2 Å². The van der Waals surface area contributed by atoms with Crippen LogP contribution in [0.15, 0.2) is 24.3 Å². The van der Waals surface area contributed by atoms with Gasteiger partial charge in [0.1, 0.15) is 0 Å². The summed E-state index contributed by atoms with van der Waals surface area (Å²) < 4.78 is 5.26. The van der Waals surface area contributed by atoms with Crippen molar-refractivity contribution in [2.75, 3.05) is 26.3 Å². The average molecular weight is 292 g/mol. The molecule has 1 aromatic rings. The number of nitrogens with zero attached hydrogens (tertiary/aromatic N) is 1. The van der Waals surface area contributed by atoms with Gasteiger partial charge in [0.05, 0.1) is 13.2 Å². The molecule has 0 saturated carbocycles. The van der Waals surface area contributed by atoms with Crippen molar-refractivity contribution in [3.63, 3.8) is 0 Å². The van der Waals surface area contributed by atoms with Crippen molar-refractivity contribution in [1.29, 1.82) is 0 Å². The molecule has 1 aromatic carbocycles. The first-order valence-corrected chi connectivity index (χ1v) is 7.26. The van der Waals surface area contributed by atoms with E-state index in [1.165, 1.54) is 5.56 Å². The van der Waals surface area contributed by atoms with Crippen molar-refractivity contribution in [2.45, 2.75) is 19.8 Å². The maximum Gasteiger partial charge on any atom is 0.257 e. The lowest BCUT2D eigenvalue weighted by atomic mass is 10.0. The molecule has 0 aromatic heterocycles. The number of hydrogen-bond acceptors (Lipinski definition) is 3. The molecule has 1 saturated heterocycles. The Morgan fingerprint density at radius 3 is 2.40 bits per heavy atom. The maximum absolute atomic E-state index is 12.1. The zero-order valence-electron chi connectivity index (χ0n) is 11.9. The van der Waals surface area contributed by atoms with Gasteiger partial charge in [0.15, 0.2) is 5.11 Å². The van der Waals surface area contributed by atoms with Crippen LogP contribution in [0.4, 0.5) is 0 Å². The van der Waals surface area contributed by atoms with Crippen LogP contribution in [0.2, 0.25) is 0 Å². The quantitative estimate of drug-likeness (QED) is 0.848. The number of hydrogen-bond donors (Lipinski definition) is 1. The third-order valence-corrected chi connectivity index (χ3v) is 3.72. The highest BCUT2D eigenvalue weighted by Crippen LogP contribution is 2.14. The van der Waals surface area contributed by atoms with E-state index >= 15 is 0 Å². The summed E-state index contributed by atoms with van der Waals surface area (Å²) in [5.74, 6) is 0.304. The summed E-state index contributed by atoms with van der Waals surface area (Å²) in [5, 5.41) is 3.26. The zero-order chi connectivity index (χ0) is 14.5. The van der Waals surface area contributed by atoms with Crippen molar-refractivity contribution < 1.29 is 9.53 Å². The molecular formula is C15H20N2O2S. The zero-order valence-corrected chi connectivity index (χ0v) is 12.7. The van der Waals surface area contributed by atoms with E-state index in [-0.39, 0.29) is 5.91 Å². The van der Waals surface area contributed by atoms with Gasteiger partial charge in [0.2, 0.25) is 0 Å². The Bertz CT molecular complexity index is 479. The van der Waals surface area contributed by atoms with Crippen LogP contribution in [0.25, 0.3) is 0 Å². The lowest BCUT2D eigenvalue weighted by Gasteiger charge is -2.28. The van der Waals surface area contributed by atoms with Gasteiger partial charge in [-0.3, -0.25) is 10.1 Å². The standard InChI is InChI=1S/C15H20N2O2S/c1-11(2)12-3-5-13(6-4-12)14(18)16-15(20)17-7-9-19-10-8-17/h3-6,11H,7-10H2,1-2H3,(H,16,18,20). The van der Waals surface area contributed by atoms with Gasteiger partial charge >= 0.3 is 0 Å². The van der Waals surface area contributed by atoms with Crippen LogP contribution in [0.5, 0.6) is 0 Å². The van der Waals surface area contributed by atoms with Crippen molar-refractivity contribution in [1.82, 2.24) is 10.2 Å². The second kappa shape index (κ2) is 6.81. The number of morpholine rings is 1. The molecule has 0 atom stereocenters. The van der Waals surface area contributed by atoms with E-state index in [4.69, 9.17) is 17.0 Å². The molecule has 20 heavy (non-hydrogen) atoms. The van der Waals surface area contributed by atoms with E-state index < -0.39 is 0 Å². The summed E-state index contributed by atoms with van der Waals surface area (Å²) in [5.41, 5.74) is 1.85. The highest BCUT2D eigenvalue weighted by atomic mass is 32.1. The minimum absolute atomic E-state index is 0.156. The number of rotatable bonds is 2. The molecule has 0 unspecified atom stereocenters. The SMILES string of the molecule is CC(C)c1ccc(C(=O)NC(=S)N2CCOCC2)cc1. The van der Waals surface area contributed by atoms with Crippen molar-refractivity contribution in [3.8, 4) is 0 Å². The van der Waals surface area contributed by atoms with Crippen LogP contribution < -0.4 is 5.32 Å². The smallest absolute Gasteiger partial charge is 0.257 e. The van der Waals surface area contributed by atoms with E-state index in [2.05, 4.69) is 19.2 Å². The summed E-state index contributed by atoms with van der Waals surface area (Å²) >= 11 is 5.26. The Morgan fingerprint density at radius 2 is 1.85 bits per heavy atom. The Morgan fingerprint density at radius 1 is 1.25 bits per heavy atom. The molecule has 1 fully saturated rings. The van der Waals surface area contributed by atoms with E-state index in [9.17, 15) is 4.79 Å². The van der Waals surface area contributed by atoms with Gasteiger partial charge in [-0.1, -0.05) is 26.0 Å². The van der Waals surface area contributed by atoms with Crippen LogP contribution in [0.1, 0.15) is 35.7 Å². The van der Waals surface area contributed by atoms with Gasteiger partial charge in [0, 0.05) is 18.7 Å².